The number of fused-ring (bicyclic) bond motifs is 1. The molecule has 5 rings (SSSR count). The van der Waals surface area contributed by atoms with Gasteiger partial charge in [0.1, 0.15) is 10.8 Å². The summed E-state index contributed by atoms with van der Waals surface area (Å²) in [6.45, 7) is 0. The fourth-order valence-electron chi connectivity index (χ4n) is 3.72. The fourth-order valence-corrected chi connectivity index (χ4v) is 4.70. The average Bonchev–Trinajstić information content (AvgIpc) is 3.48. The van der Waals surface area contributed by atoms with Crippen LogP contribution in [0.4, 0.5) is 0 Å². The van der Waals surface area contributed by atoms with E-state index in [2.05, 4.69) is 4.98 Å². The summed E-state index contributed by atoms with van der Waals surface area (Å²) in [7, 11) is 1.62. The Kier molecular flexibility index (Phi) is 5.93. The molecule has 0 aliphatic carbocycles. The van der Waals surface area contributed by atoms with Crippen molar-refractivity contribution in [2.24, 2.45) is 0 Å². The molecule has 3 aromatic carbocycles. The highest BCUT2D eigenvalue weighted by Gasteiger charge is 2.15. The zero-order valence-electron chi connectivity index (χ0n) is 18.3. The molecule has 0 N–H and O–H groups in total. The predicted molar refractivity (Wildman–Crippen MR) is 133 cm³/mol. The molecule has 0 radical (unpaired) electrons. The number of aromatic nitrogens is 3. The van der Waals surface area contributed by atoms with Gasteiger partial charge in [0, 0.05) is 29.7 Å². The Labute approximate surface area is 200 Å². The van der Waals surface area contributed by atoms with Gasteiger partial charge in [-0.15, -0.1) is 11.3 Å². The van der Waals surface area contributed by atoms with Crippen LogP contribution in [0.25, 0.3) is 38.8 Å². The van der Waals surface area contributed by atoms with Gasteiger partial charge in [-0.05, 0) is 60.2 Å². The molecular weight excluding hydrogens is 446 g/mol. The van der Waals surface area contributed by atoms with Crippen LogP contribution in [0, 0.1) is 0 Å². The number of thiazole rings is 1. The van der Waals surface area contributed by atoms with Gasteiger partial charge in [-0.3, -0.25) is 0 Å². The monoisotopic (exact) mass is 466 g/mol. The number of aliphatic carboxylic acids is 1. The van der Waals surface area contributed by atoms with Crippen LogP contribution in [0.1, 0.15) is 17.0 Å². The van der Waals surface area contributed by atoms with E-state index in [4.69, 9.17) is 9.84 Å². The van der Waals surface area contributed by atoms with Crippen LogP contribution in [0.3, 0.4) is 0 Å². The third-order valence-electron chi connectivity index (χ3n) is 5.36. The van der Waals surface area contributed by atoms with Crippen molar-refractivity contribution in [1.29, 1.82) is 0 Å². The first-order valence-electron chi connectivity index (χ1n) is 10.7. The van der Waals surface area contributed by atoms with E-state index in [1.165, 1.54) is 11.3 Å². The topological polar surface area (TPSA) is 80.1 Å². The molecule has 0 atom stereocenters. The lowest BCUT2D eigenvalue weighted by Gasteiger charge is -2.06. The number of carbonyl (C=O) groups excluding carboxylic acids is 1. The van der Waals surface area contributed by atoms with Crippen LogP contribution in [0.5, 0.6) is 5.75 Å². The van der Waals surface area contributed by atoms with E-state index in [-0.39, 0.29) is 6.42 Å². The summed E-state index contributed by atoms with van der Waals surface area (Å²) >= 11 is 1.46. The van der Waals surface area contributed by atoms with Crippen molar-refractivity contribution < 1.29 is 14.6 Å². The first-order valence-corrected chi connectivity index (χ1v) is 11.5. The van der Waals surface area contributed by atoms with Gasteiger partial charge < -0.3 is 14.6 Å². The van der Waals surface area contributed by atoms with Crippen molar-refractivity contribution in [1.82, 2.24) is 14.8 Å². The second kappa shape index (κ2) is 9.33. The summed E-state index contributed by atoms with van der Waals surface area (Å²) in [5, 5.41) is 17.1. The van der Waals surface area contributed by atoms with E-state index in [1.54, 1.807) is 11.8 Å². The minimum atomic E-state index is -1.16. The Hall–Kier alpha value is -4.23. The molecule has 6 nitrogen and oxygen atoms in total. The molecule has 2 heterocycles. The van der Waals surface area contributed by atoms with Crippen LogP contribution >= 0.6 is 11.3 Å². The number of para-hydroxylation sites is 2. The second-order valence-electron chi connectivity index (χ2n) is 7.65. The normalized spacial score (nSPS) is 11.6. The summed E-state index contributed by atoms with van der Waals surface area (Å²) in [5.41, 5.74) is 4.70. The molecule has 0 aliphatic rings. The Morgan fingerprint density at radius 2 is 1.76 bits per heavy atom. The van der Waals surface area contributed by atoms with E-state index >= 15 is 0 Å². The summed E-state index contributed by atoms with van der Waals surface area (Å²) < 4.78 is 8.08. The number of carboxylic acids is 1. The Bertz CT molecular complexity index is 1450. The van der Waals surface area contributed by atoms with E-state index < -0.39 is 5.97 Å². The minimum Gasteiger partial charge on any atom is -0.550 e. The molecule has 7 heteroatoms. The van der Waals surface area contributed by atoms with Crippen molar-refractivity contribution in [2.45, 2.75) is 6.42 Å². The highest BCUT2D eigenvalue weighted by Crippen LogP contribution is 2.33. The Morgan fingerprint density at radius 1 is 1.03 bits per heavy atom. The van der Waals surface area contributed by atoms with Gasteiger partial charge in [0.05, 0.1) is 28.7 Å². The van der Waals surface area contributed by atoms with Crippen molar-refractivity contribution in [3.8, 4) is 22.7 Å². The van der Waals surface area contributed by atoms with Crippen molar-refractivity contribution >= 4 is 39.2 Å². The van der Waals surface area contributed by atoms with Gasteiger partial charge in [0.2, 0.25) is 0 Å². The molecule has 0 fully saturated rings. The largest absolute Gasteiger partial charge is 0.550 e. The lowest BCUT2D eigenvalue weighted by atomic mass is 10.0. The molecule has 34 heavy (non-hydrogen) atoms. The van der Waals surface area contributed by atoms with E-state index in [1.807, 2.05) is 91.1 Å². The molecule has 5 aromatic rings. The van der Waals surface area contributed by atoms with Gasteiger partial charge in [0.15, 0.2) is 0 Å². The van der Waals surface area contributed by atoms with Gasteiger partial charge >= 0.3 is 0 Å². The maximum absolute atomic E-state index is 11.6. The number of hydrogen-bond acceptors (Lipinski definition) is 6. The predicted octanol–water partition coefficient (Wildman–Crippen LogP) is 4.84. The molecule has 0 unspecified atom stereocenters. The molecule has 0 saturated carbocycles. The van der Waals surface area contributed by atoms with Crippen LogP contribution in [-0.4, -0.2) is 27.8 Å². The highest BCUT2D eigenvalue weighted by molar-refractivity contribution is 7.19. The van der Waals surface area contributed by atoms with Gasteiger partial charge in [-0.2, -0.15) is 5.10 Å². The smallest absolute Gasteiger partial charge is 0.120 e. The van der Waals surface area contributed by atoms with Crippen LogP contribution in [0.15, 0.2) is 85.1 Å². The first kappa shape index (κ1) is 21.6. The van der Waals surface area contributed by atoms with Gasteiger partial charge in [0.25, 0.3) is 0 Å². The average molecular weight is 467 g/mol. The summed E-state index contributed by atoms with van der Waals surface area (Å²) in [4.78, 5) is 16.3. The minimum absolute atomic E-state index is 0.252. The molecule has 0 spiro atoms. The molecule has 2 aromatic heterocycles. The number of ether oxygens (including phenoxy) is 1. The third-order valence-corrected chi connectivity index (χ3v) is 6.47. The number of nitrogens with zero attached hydrogens (tertiary/aromatic N) is 3. The lowest BCUT2D eigenvalue weighted by molar-refractivity contribution is -0.304. The van der Waals surface area contributed by atoms with E-state index in [9.17, 15) is 9.90 Å². The van der Waals surface area contributed by atoms with Crippen molar-refractivity contribution in [2.75, 3.05) is 7.11 Å². The fraction of sp³-hybridized carbons (Fsp3) is 0.0741. The van der Waals surface area contributed by atoms with Crippen molar-refractivity contribution in [3.63, 3.8) is 0 Å². The van der Waals surface area contributed by atoms with E-state index in [0.29, 0.717) is 10.6 Å². The zero-order chi connectivity index (χ0) is 23.5. The molecule has 0 saturated heterocycles. The zero-order valence-corrected chi connectivity index (χ0v) is 19.2. The van der Waals surface area contributed by atoms with Crippen LogP contribution < -0.4 is 9.84 Å². The number of benzene rings is 3. The Morgan fingerprint density at radius 3 is 2.47 bits per heavy atom. The third kappa shape index (κ3) is 4.46. The lowest BCUT2D eigenvalue weighted by Crippen LogP contribution is -2.22. The number of rotatable bonds is 7. The summed E-state index contributed by atoms with van der Waals surface area (Å²) in [5.74, 6) is -0.414. The first-order chi connectivity index (χ1) is 16.6. The van der Waals surface area contributed by atoms with Gasteiger partial charge in [-0.1, -0.05) is 30.3 Å². The summed E-state index contributed by atoms with van der Waals surface area (Å²) in [6.07, 6.45) is 3.50. The quantitative estimate of drug-likeness (QED) is 0.343. The number of methoxy groups -OCH3 is 1. The molecule has 168 valence electrons. The number of carbonyl (C=O) groups is 1. The summed E-state index contributed by atoms with van der Waals surface area (Å²) in [6, 6.07) is 25.1. The standard InChI is InChI=1S/C27H21N3O3S/c1-33-22-13-11-18(12-14-22)26-20(17-30(29-26)21-7-3-2-4-8-21)15-19(16-25(31)32)27-28-23-9-5-6-10-24(23)34-27/h2-15,17H,16H2,1H3,(H,31,32)/p-1/b19-15+. The second-order valence-corrected chi connectivity index (χ2v) is 8.68. The SMILES string of the molecule is COc1ccc(-c2nn(-c3ccccc3)cc2/C=C(\CC(=O)[O-])c2nc3ccccc3s2)cc1. The number of carboxylic acid groups (broad SMARTS) is 1. The Balaban J connectivity index is 1.67. The van der Waals surface area contributed by atoms with Crippen LogP contribution in [0.2, 0.25) is 0 Å². The molecule has 0 amide bonds. The van der Waals surface area contributed by atoms with E-state index in [0.717, 1.165) is 38.5 Å². The maximum Gasteiger partial charge on any atom is 0.120 e. The van der Waals surface area contributed by atoms with Crippen molar-refractivity contribution in [3.05, 3.63) is 95.6 Å². The van der Waals surface area contributed by atoms with Gasteiger partial charge in [-0.25, -0.2) is 9.67 Å². The number of hydrogen-bond donors (Lipinski definition) is 0. The molecular formula is C27H20N3O3S-. The highest BCUT2D eigenvalue weighted by atomic mass is 32.1. The van der Waals surface area contributed by atoms with Crippen LogP contribution in [-0.2, 0) is 4.79 Å². The molecule has 0 aliphatic heterocycles. The maximum atomic E-state index is 11.6. The molecule has 0 bridgehead atoms.